The molecule has 0 aromatic heterocycles. The number of urea groups is 2. The Morgan fingerprint density at radius 3 is 2.19 bits per heavy atom. The summed E-state index contributed by atoms with van der Waals surface area (Å²) in [4.78, 5) is 63.0. The Balaban J connectivity index is 1.12. The minimum atomic E-state index is -1.00. The largest absolute Gasteiger partial charge is 0.506 e. The van der Waals surface area contributed by atoms with Crippen molar-refractivity contribution in [2.45, 2.75) is 101 Å². The molecule has 4 aliphatic rings. The lowest BCUT2D eigenvalue weighted by molar-refractivity contribution is -0.138. The smallest absolute Gasteiger partial charge is 0.322 e. The summed E-state index contributed by atoms with van der Waals surface area (Å²) in [6, 6.07) is 9.39. The van der Waals surface area contributed by atoms with E-state index in [0.717, 1.165) is 43.6 Å². The van der Waals surface area contributed by atoms with Gasteiger partial charge in [-0.15, -0.1) is 0 Å². The van der Waals surface area contributed by atoms with E-state index in [2.05, 4.69) is 52.7 Å². The lowest BCUT2D eigenvalue weighted by Gasteiger charge is -2.41. The Bertz CT molecular complexity index is 1620. The monoisotopic (exact) mass is 872 g/mol. The first-order chi connectivity index (χ1) is 26.1. The normalized spacial score (nSPS) is 19.8. The molecule has 0 aliphatic carbocycles. The van der Waals surface area contributed by atoms with Gasteiger partial charge in [-0.3, -0.25) is 9.59 Å². The van der Waals surface area contributed by atoms with Crippen molar-refractivity contribution in [2.75, 3.05) is 51.1 Å². The van der Waals surface area contributed by atoms with Crippen LogP contribution in [-0.2, 0) is 22.6 Å². The maximum absolute atomic E-state index is 14.2. The van der Waals surface area contributed by atoms with E-state index in [1.165, 1.54) is 19.3 Å². The van der Waals surface area contributed by atoms with Crippen LogP contribution in [0.25, 0.3) is 0 Å². The fourth-order valence-electron chi connectivity index (χ4n) is 8.30. The molecule has 2 aromatic carbocycles. The first-order valence-corrected chi connectivity index (χ1v) is 21.1. The number of phenols is 1. The molecule has 4 heterocycles. The number of carbonyl (C=O) groups excluding carboxylic acids is 4. The highest BCUT2D eigenvalue weighted by Gasteiger charge is 2.36. The number of para-hydroxylation sites is 1. The second kappa shape index (κ2) is 19.0. The second-order valence-electron chi connectivity index (χ2n) is 15.0. The number of hydrogen-bond acceptors (Lipinski definition) is 7. The Morgan fingerprint density at radius 1 is 0.852 bits per heavy atom. The number of halogens is 2. The molecule has 3 saturated heterocycles. The maximum atomic E-state index is 14.2. The van der Waals surface area contributed by atoms with Gasteiger partial charge in [0.05, 0.1) is 8.95 Å². The zero-order valence-corrected chi connectivity index (χ0v) is 34.1. The molecule has 3 fully saturated rings. The number of aromatic hydroxyl groups is 1. The average Bonchev–Trinajstić information content (AvgIpc) is 3.19. The van der Waals surface area contributed by atoms with Gasteiger partial charge < -0.3 is 46.4 Å². The number of nitrogens with one attached hydrogen (secondary N) is 3. The topological polar surface area (TPSA) is 164 Å². The summed E-state index contributed by atoms with van der Waals surface area (Å²) < 4.78 is 0.901. The zero-order valence-electron chi connectivity index (χ0n) is 30.9. The molecule has 0 spiro atoms. The quantitative estimate of drug-likeness (QED) is 0.185. The number of nitrogens with two attached hydrogens (primary N) is 1. The minimum absolute atomic E-state index is 0.0293. The van der Waals surface area contributed by atoms with E-state index < -0.39 is 18.0 Å². The molecular formula is C39H54Br2N8O5. The van der Waals surface area contributed by atoms with Crippen LogP contribution in [0.1, 0.15) is 75.3 Å². The van der Waals surface area contributed by atoms with Gasteiger partial charge >= 0.3 is 12.1 Å². The number of benzene rings is 2. The van der Waals surface area contributed by atoms with Crippen molar-refractivity contribution in [3.05, 3.63) is 56.5 Å². The van der Waals surface area contributed by atoms with Gasteiger partial charge in [-0.1, -0.05) is 24.6 Å². The lowest BCUT2D eigenvalue weighted by atomic mass is 9.98. The molecule has 0 unspecified atom stereocenters. The Labute approximate surface area is 335 Å². The van der Waals surface area contributed by atoms with Crippen molar-refractivity contribution >= 4 is 61.4 Å². The summed E-state index contributed by atoms with van der Waals surface area (Å²) in [5.41, 5.74) is 8.39. The van der Waals surface area contributed by atoms with E-state index in [4.69, 9.17) is 5.73 Å². The lowest BCUT2D eigenvalue weighted by Crippen LogP contribution is -2.58. The highest BCUT2D eigenvalue weighted by Crippen LogP contribution is 2.34. The number of piperidine rings is 3. The molecule has 2 aromatic rings. The Kier molecular flexibility index (Phi) is 14.1. The van der Waals surface area contributed by atoms with Crippen LogP contribution in [0.2, 0.25) is 0 Å². The third-order valence-corrected chi connectivity index (χ3v) is 12.6. The highest BCUT2D eigenvalue weighted by atomic mass is 79.9. The van der Waals surface area contributed by atoms with Gasteiger partial charge in [0.25, 0.3) is 0 Å². The predicted molar refractivity (Wildman–Crippen MR) is 215 cm³/mol. The van der Waals surface area contributed by atoms with Crippen LogP contribution in [0, 0.1) is 0 Å². The molecule has 0 saturated carbocycles. The number of amides is 6. The SMILES string of the molecule is NCCCC[C@H](NC(=O)[C@@H](Cc1cc(Br)c(O)c(Br)c1)NC(=O)N1CCC(N2Cc3ccccc3NC2=O)CC1)C(=O)N1CCC(N2CCCCC2)CC1. The minimum Gasteiger partial charge on any atom is -0.506 e. The molecule has 54 heavy (non-hydrogen) atoms. The molecule has 294 valence electrons. The van der Waals surface area contributed by atoms with Gasteiger partial charge in [0.1, 0.15) is 17.8 Å². The number of phenolic OH excluding ortho intramolecular Hbond substituents is 1. The number of nitrogens with zero attached hydrogens (tertiary/aromatic N) is 4. The molecule has 2 atom stereocenters. The fraction of sp³-hybridized carbons (Fsp3) is 0.590. The molecule has 4 aliphatic heterocycles. The summed E-state index contributed by atoms with van der Waals surface area (Å²) in [5, 5.41) is 19.3. The van der Waals surface area contributed by atoms with E-state index in [1.807, 2.05) is 34.1 Å². The molecule has 13 nitrogen and oxygen atoms in total. The molecule has 0 bridgehead atoms. The van der Waals surface area contributed by atoms with Crippen LogP contribution in [0.15, 0.2) is 45.3 Å². The molecule has 6 amide bonds. The van der Waals surface area contributed by atoms with Gasteiger partial charge in [-0.25, -0.2) is 9.59 Å². The zero-order chi connectivity index (χ0) is 38.2. The molecular weight excluding hydrogens is 820 g/mol. The molecule has 15 heteroatoms. The summed E-state index contributed by atoms with van der Waals surface area (Å²) in [6.07, 6.45) is 8.79. The van der Waals surface area contributed by atoms with Crippen LogP contribution in [0.5, 0.6) is 5.75 Å². The Hall–Kier alpha value is -3.40. The average molecular weight is 875 g/mol. The third kappa shape index (κ3) is 10.1. The third-order valence-electron chi connectivity index (χ3n) is 11.4. The number of hydrogen-bond donors (Lipinski definition) is 5. The van der Waals surface area contributed by atoms with E-state index >= 15 is 0 Å². The molecule has 6 rings (SSSR count). The highest BCUT2D eigenvalue weighted by molar-refractivity contribution is 9.11. The predicted octanol–water partition coefficient (Wildman–Crippen LogP) is 5.14. The van der Waals surface area contributed by atoms with Crippen LogP contribution >= 0.6 is 31.9 Å². The number of fused-ring (bicyclic) bond motifs is 1. The van der Waals surface area contributed by atoms with Gasteiger partial charge in [0, 0.05) is 56.9 Å². The van der Waals surface area contributed by atoms with Crippen LogP contribution in [0.4, 0.5) is 15.3 Å². The summed E-state index contributed by atoms with van der Waals surface area (Å²) >= 11 is 6.77. The van der Waals surface area contributed by atoms with Crippen molar-refractivity contribution < 1.29 is 24.3 Å². The van der Waals surface area contributed by atoms with Crippen molar-refractivity contribution in [1.82, 2.24) is 30.2 Å². The maximum Gasteiger partial charge on any atom is 0.322 e. The molecule has 0 radical (unpaired) electrons. The number of anilines is 1. The summed E-state index contributed by atoms with van der Waals surface area (Å²) in [5.74, 6) is -0.507. The van der Waals surface area contributed by atoms with Gasteiger partial charge in [-0.2, -0.15) is 0 Å². The van der Waals surface area contributed by atoms with Crippen LogP contribution < -0.4 is 21.7 Å². The van der Waals surface area contributed by atoms with Gasteiger partial charge in [0.15, 0.2) is 0 Å². The van der Waals surface area contributed by atoms with E-state index in [1.54, 1.807) is 17.0 Å². The first kappa shape index (κ1) is 40.3. The van der Waals surface area contributed by atoms with Gasteiger partial charge in [0.2, 0.25) is 11.8 Å². The van der Waals surface area contributed by atoms with E-state index in [9.17, 15) is 24.3 Å². The van der Waals surface area contributed by atoms with Crippen molar-refractivity contribution in [3.63, 3.8) is 0 Å². The molecule has 6 N–H and O–H groups in total. The number of carbonyl (C=O) groups is 4. The van der Waals surface area contributed by atoms with Crippen molar-refractivity contribution in [1.29, 1.82) is 0 Å². The van der Waals surface area contributed by atoms with Crippen molar-refractivity contribution in [3.8, 4) is 5.75 Å². The van der Waals surface area contributed by atoms with Crippen LogP contribution in [0.3, 0.4) is 0 Å². The number of likely N-dealkylation sites (tertiary alicyclic amines) is 3. The first-order valence-electron chi connectivity index (χ1n) is 19.5. The Morgan fingerprint density at radius 2 is 1.50 bits per heavy atom. The van der Waals surface area contributed by atoms with Crippen molar-refractivity contribution in [2.24, 2.45) is 5.73 Å². The second-order valence-corrected chi connectivity index (χ2v) is 16.8. The van der Waals surface area contributed by atoms with E-state index in [0.29, 0.717) is 85.5 Å². The summed E-state index contributed by atoms with van der Waals surface area (Å²) in [7, 11) is 0. The number of unbranched alkanes of at least 4 members (excludes halogenated alkanes) is 1. The number of rotatable bonds is 12. The standard InChI is InChI=1S/C39H54Br2N8O5/c40-30-22-26(23-31(41)35(30)50)24-34(45-38(53)48-20-13-29(14-21-48)49-25-27-8-2-3-9-32(27)44-39(49)54)36(51)43-33(10-4-5-15-42)37(52)47-18-11-28(12-19-47)46-16-6-1-7-17-46/h2-3,8-9,22-23,28-29,33-34,50H,1,4-7,10-21,24-25,42H2,(H,43,51)(H,44,54)(H,45,53)/t33-,34+/m0/s1. The fourth-order valence-corrected chi connectivity index (χ4v) is 9.58. The summed E-state index contributed by atoms with van der Waals surface area (Å²) in [6.45, 7) is 5.40. The van der Waals surface area contributed by atoms with Crippen LogP contribution in [-0.4, -0.2) is 119 Å². The van der Waals surface area contributed by atoms with E-state index in [-0.39, 0.29) is 36.2 Å². The van der Waals surface area contributed by atoms with Gasteiger partial charge in [-0.05, 0) is 139 Å².